The summed E-state index contributed by atoms with van der Waals surface area (Å²) >= 11 is 0. The van der Waals surface area contributed by atoms with Crippen LogP contribution in [0.3, 0.4) is 0 Å². The van der Waals surface area contributed by atoms with E-state index < -0.39 is 0 Å². The zero-order valence-electron chi connectivity index (χ0n) is 10.5. The zero-order chi connectivity index (χ0) is 13.4. The molecule has 1 aromatic carbocycles. The highest BCUT2D eigenvalue weighted by atomic mass is 19.1. The monoisotopic (exact) mass is 263 g/mol. The highest BCUT2D eigenvalue weighted by molar-refractivity contribution is 5.59. The highest BCUT2D eigenvalue weighted by Crippen LogP contribution is 2.27. The van der Waals surface area contributed by atoms with Gasteiger partial charge in [0.25, 0.3) is 0 Å². The summed E-state index contributed by atoms with van der Waals surface area (Å²) in [5.74, 6) is 0.577. The Morgan fingerprint density at radius 3 is 2.89 bits per heavy atom. The molecule has 0 bridgehead atoms. The molecule has 1 aromatic heterocycles. The first-order valence-corrected chi connectivity index (χ1v) is 6.08. The van der Waals surface area contributed by atoms with Gasteiger partial charge in [0.15, 0.2) is 0 Å². The van der Waals surface area contributed by atoms with Crippen molar-refractivity contribution in [2.45, 2.75) is 18.9 Å². The summed E-state index contributed by atoms with van der Waals surface area (Å²) in [6, 6.07) is 4.34. The van der Waals surface area contributed by atoms with Crippen molar-refractivity contribution in [1.29, 1.82) is 0 Å². The second-order valence-corrected chi connectivity index (χ2v) is 4.72. The molecule has 2 aromatic rings. The summed E-state index contributed by atoms with van der Waals surface area (Å²) in [5, 5.41) is 3.94. The van der Waals surface area contributed by atoms with Crippen LogP contribution < -0.4 is 5.73 Å². The second-order valence-electron chi connectivity index (χ2n) is 4.72. The van der Waals surface area contributed by atoms with Gasteiger partial charge in [-0.15, -0.1) is 0 Å². The number of aromatic nitrogens is 2. The predicted octanol–water partition coefficient (Wildman–Crippen LogP) is 1.63. The van der Waals surface area contributed by atoms with Crippen LogP contribution in [-0.2, 0) is 4.74 Å². The van der Waals surface area contributed by atoms with Gasteiger partial charge in [0, 0.05) is 11.6 Å². The van der Waals surface area contributed by atoms with E-state index in [9.17, 15) is 4.39 Å². The summed E-state index contributed by atoms with van der Waals surface area (Å²) in [6.45, 7) is 2.79. The van der Waals surface area contributed by atoms with Gasteiger partial charge in [0.2, 0.25) is 11.7 Å². The molecule has 0 saturated carbocycles. The van der Waals surface area contributed by atoms with E-state index in [0.29, 0.717) is 24.9 Å². The SMILES string of the molecule is Cc1cc(F)ccc1-c1noc(C2COCC2N)n1. The molecule has 6 heteroatoms. The molecular formula is C13H14FN3O2. The molecule has 1 fully saturated rings. The lowest BCUT2D eigenvalue weighted by Crippen LogP contribution is -2.26. The minimum Gasteiger partial charge on any atom is -0.379 e. The molecule has 2 unspecified atom stereocenters. The van der Waals surface area contributed by atoms with Crippen molar-refractivity contribution in [3.63, 3.8) is 0 Å². The predicted molar refractivity (Wildman–Crippen MR) is 66.0 cm³/mol. The van der Waals surface area contributed by atoms with E-state index in [0.717, 1.165) is 11.1 Å². The van der Waals surface area contributed by atoms with Crippen LogP contribution in [0.4, 0.5) is 4.39 Å². The Morgan fingerprint density at radius 1 is 1.37 bits per heavy atom. The molecule has 2 N–H and O–H groups in total. The van der Waals surface area contributed by atoms with Gasteiger partial charge >= 0.3 is 0 Å². The summed E-state index contributed by atoms with van der Waals surface area (Å²) < 4.78 is 23.6. The molecule has 2 atom stereocenters. The van der Waals surface area contributed by atoms with Crippen molar-refractivity contribution in [1.82, 2.24) is 10.1 Å². The molecule has 1 aliphatic heterocycles. The van der Waals surface area contributed by atoms with Crippen molar-refractivity contribution >= 4 is 0 Å². The first-order valence-electron chi connectivity index (χ1n) is 6.08. The van der Waals surface area contributed by atoms with Crippen LogP contribution in [0.1, 0.15) is 17.4 Å². The van der Waals surface area contributed by atoms with E-state index in [-0.39, 0.29) is 17.8 Å². The Kier molecular flexibility index (Phi) is 3.04. The zero-order valence-corrected chi connectivity index (χ0v) is 10.5. The van der Waals surface area contributed by atoms with Gasteiger partial charge in [-0.1, -0.05) is 5.16 Å². The van der Waals surface area contributed by atoms with E-state index in [1.165, 1.54) is 12.1 Å². The topological polar surface area (TPSA) is 74.2 Å². The molecule has 19 heavy (non-hydrogen) atoms. The molecule has 1 saturated heterocycles. The van der Waals surface area contributed by atoms with Gasteiger partial charge < -0.3 is 15.0 Å². The second kappa shape index (κ2) is 4.71. The Hall–Kier alpha value is -1.79. The maximum atomic E-state index is 13.1. The molecule has 1 aliphatic rings. The van der Waals surface area contributed by atoms with Crippen LogP contribution >= 0.6 is 0 Å². The van der Waals surface area contributed by atoms with Gasteiger partial charge in [-0.3, -0.25) is 0 Å². The van der Waals surface area contributed by atoms with E-state index >= 15 is 0 Å². The lowest BCUT2D eigenvalue weighted by Gasteiger charge is -2.06. The molecule has 3 rings (SSSR count). The summed E-state index contributed by atoms with van der Waals surface area (Å²) in [6.07, 6.45) is 0. The molecule has 100 valence electrons. The van der Waals surface area contributed by atoms with Crippen LogP contribution in [0, 0.1) is 12.7 Å². The summed E-state index contributed by atoms with van der Waals surface area (Å²) in [7, 11) is 0. The fraction of sp³-hybridized carbons (Fsp3) is 0.385. The Balaban J connectivity index is 1.92. The smallest absolute Gasteiger partial charge is 0.234 e. The lowest BCUT2D eigenvalue weighted by molar-refractivity contribution is 0.187. The Labute approximate surface area is 109 Å². The van der Waals surface area contributed by atoms with Gasteiger partial charge in [-0.05, 0) is 30.7 Å². The quantitative estimate of drug-likeness (QED) is 0.891. The average molecular weight is 263 g/mol. The van der Waals surface area contributed by atoms with Gasteiger partial charge in [-0.2, -0.15) is 4.98 Å². The number of aryl methyl sites for hydroxylation is 1. The fourth-order valence-electron chi connectivity index (χ4n) is 2.20. The molecule has 0 aliphatic carbocycles. The van der Waals surface area contributed by atoms with Crippen molar-refractivity contribution in [3.05, 3.63) is 35.5 Å². The molecule has 5 nitrogen and oxygen atoms in total. The molecule has 2 heterocycles. The number of hydrogen-bond acceptors (Lipinski definition) is 5. The first kappa shape index (κ1) is 12.3. The van der Waals surface area contributed by atoms with Crippen LogP contribution in [0.2, 0.25) is 0 Å². The van der Waals surface area contributed by atoms with Crippen molar-refractivity contribution in [3.8, 4) is 11.4 Å². The van der Waals surface area contributed by atoms with E-state index in [1.54, 1.807) is 13.0 Å². The minimum atomic E-state index is -0.281. The standard InChI is InChI=1S/C13H14FN3O2/c1-7-4-8(14)2-3-9(7)12-16-13(19-17-12)10-5-18-6-11(10)15/h2-4,10-11H,5-6,15H2,1H3. The van der Waals surface area contributed by atoms with Crippen molar-refractivity contribution < 1.29 is 13.7 Å². The normalized spacial score (nSPS) is 22.9. The number of nitrogens with zero attached hydrogens (tertiary/aromatic N) is 2. The van der Waals surface area contributed by atoms with Crippen LogP contribution in [0.25, 0.3) is 11.4 Å². The highest BCUT2D eigenvalue weighted by Gasteiger charge is 2.31. The maximum Gasteiger partial charge on any atom is 0.234 e. The first-order chi connectivity index (χ1) is 9.15. The number of halogens is 1. The van der Waals surface area contributed by atoms with Gasteiger partial charge in [0.05, 0.1) is 19.1 Å². The van der Waals surface area contributed by atoms with E-state index in [2.05, 4.69) is 10.1 Å². The number of rotatable bonds is 2. The average Bonchev–Trinajstić information content (AvgIpc) is 2.97. The molecule has 0 radical (unpaired) electrons. The fourth-order valence-corrected chi connectivity index (χ4v) is 2.20. The van der Waals surface area contributed by atoms with Crippen LogP contribution in [0.5, 0.6) is 0 Å². The van der Waals surface area contributed by atoms with E-state index in [4.69, 9.17) is 15.0 Å². The molecular weight excluding hydrogens is 249 g/mol. The Bertz CT molecular complexity index is 599. The largest absolute Gasteiger partial charge is 0.379 e. The van der Waals surface area contributed by atoms with E-state index in [1.807, 2.05) is 0 Å². The number of nitrogens with two attached hydrogens (primary N) is 1. The number of hydrogen-bond donors (Lipinski definition) is 1. The van der Waals surface area contributed by atoms with Crippen LogP contribution in [0.15, 0.2) is 22.7 Å². The van der Waals surface area contributed by atoms with Crippen molar-refractivity contribution in [2.75, 3.05) is 13.2 Å². The molecule has 0 spiro atoms. The number of ether oxygens (including phenoxy) is 1. The lowest BCUT2D eigenvalue weighted by atomic mass is 10.0. The summed E-state index contributed by atoms with van der Waals surface area (Å²) in [4.78, 5) is 4.34. The van der Waals surface area contributed by atoms with Crippen molar-refractivity contribution in [2.24, 2.45) is 5.73 Å². The number of benzene rings is 1. The van der Waals surface area contributed by atoms with Gasteiger partial charge in [0.1, 0.15) is 5.82 Å². The molecule has 0 amide bonds. The Morgan fingerprint density at radius 2 is 2.21 bits per heavy atom. The third-order valence-electron chi connectivity index (χ3n) is 3.31. The summed E-state index contributed by atoms with van der Waals surface area (Å²) in [5.41, 5.74) is 7.42. The minimum absolute atomic E-state index is 0.0676. The third kappa shape index (κ3) is 2.24. The maximum absolute atomic E-state index is 13.1. The van der Waals surface area contributed by atoms with Crippen LogP contribution in [-0.4, -0.2) is 29.4 Å². The van der Waals surface area contributed by atoms with Gasteiger partial charge in [-0.25, -0.2) is 4.39 Å². The third-order valence-corrected chi connectivity index (χ3v) is 3.31.